The Hall–Kier alpha value is -2.66. The minimum atomic E-state index is -0.205. The summed E-state index contributed by atoms with van der Waals surface area (Å²) in [6.07, 6.45) is 1.03. The Morgan fingerprint density at radius 2 is 1.68 bits per heavy atom. The van der Waals surface area contributed by atoms with Gasteiger partial charge in [0.2, 0.25) is 0 Å². The van der Waals surface area contributed by atoms with Gasteiger partial charge < -0.3 is 15.5 Å². The molecule has 0 aliphatic heterocycles. The summed E-state index contributed by atoms with van der Waals surface area (Å²) in [6.45, 7) is 6.97. The Morgan fingerprint density at radius 1 is 1.04 bits per heavy atom. The SMILES string of the molecule is CC[C@H](C)c1ccccc1NC(=O)[C@H](C)[NH+](C)Cc1ccc(C(=O)NC)cc1. The highest BCUT2D eigenvalue weighted by molar-refractivity contribution is 5.94. The van der Waals surface area contributed by atoms with E-state index in [4.69, 9.17) is 0 Å². The van der Waals surface area contributed by atoms with Crippen LogP contribution in [0.15, 0.2) is 48.5 Å². The van der Waals surface area contributed by atoms with Crippen molar-refractivity contribution in [2.75, 3.05) is 19.4 Å². The maximum absolute atomic E-state index is 12.8. The fraction of sp³-hybridized carbons (Fsp3) is 0.391. The van der Waals surface area contributed by atoms with Gasteiger partial charge in [0.05, 0.1) is 7.05 Å². The second-order valence-electron chi connectivity index (χ2n) is 7.41. The van der Waals surface area contributed by atoms with E-state index < -0.39 is 0 Å². The van der Waals surface area contributed by atoms with Gasteiger partial charge in [0.25, 0.3) is 11.8 Å². The van der Waals surface area contributed by atoms with Gasteiger partial charge in [-0.3, -0.25) is 9.59 Å². The first-order valence-electron chi connectivity index (χ1n) is 9.90. The zero-order valence-corrected chi connectivity index (χ0v) is 17.5. The topological polar surface area (TPSA) is 62.6 Å². The highest BCUT2D eigenvalue weighted by Gasteiger charge is 2.23. The van der Waals surface area contributed by atoms with Gasteiger partial charge in [0.15, 0.2) is 6.04 Å². The van der Waals surface area contributed by atoms with Gasteiger partial charge in [-0.15, -0.1) is 0 Å². The lowest BCUT2D eigenvalue weighted by atomic mass is 9.97. The van der Waals surface area contributed by atoms with E-state index in [-0.39, 0.29) is 17.9 Å². The van der Waals surface area contributed by atoms with E-state index in [1.165, 1.54) is 5.56 Å². The van der Waals surface area contributed by atoms with Crippen LogP contribution in [0.25, 0.3) is 0 Å². The smallest absolute Gasteiger partial charge is 0.282 e. The molecule has 28 heavy (non-hydrogen) atoms. The van der Waals surface area contributed by atoms with Crippen LogP contribution >= 0.6 is 0 Å². The van der Waals surface area contributed by atoms with Crippen molar-refractivity contribution in [3.63, 3.8) is 0 Å². The molecule has 5 heteroatoms. The number of carbonyl (C=O) groups excluding carboxylic acids is 2. The molecule has 0 aromatic heterocycles. The molecule has 3 atom stereocenters. The Balaban J connectivity index is 2.02. The molecule has 2 amide bonds. The van der Waals surface area contributed by atoms with E-state index in [1.54, 1.807) is 7.05 Å². The number of rotatable bonds is 8. The van der Waals surface area contributed by atoms with Gasteiger partial charge >= 0.3 is 0 Å². The summed E-state index contributed by atoms with van der Waals surface area (Å²) in [7, 11) is 3.63. The number of nitrogens with one attached hydrogen (secondary N) is 3. The third-order valence-corrected chi connectivity index (χ3v) is 5.42. The Labute approximate surface area is 168 Å². The monoisotopic (exact) mass is 382 g/mol. The number of hydrogen-bond donors (Lipinski definition) is 3. The number of quaternary nitrogens is 1. The first kappa shape index (κ1) is 21.6. The van der Waals surface area contributed by atoms with Crippen molar-refractivity contribution in [2.24, 2.45) is 0 Å². The molecular weight excluding hydrogens is 350 g/mol. The number of carbonyl (C=O) groups is 2. The third-order valence-electron chi connectivity index (χ3n) is 5.42. The minimum absolute atomic E-state index is 0.00948. The van der Waals surface area contributed by atoms with Crippen LogP contribution in [0.2, 0.25) is 0 Å². The van der Waals surface area contributed by atoms with Crippen LogP contribution in [0.4, 0.5) is 5.69 Å². The first-order valence-corrected chi connectivity index (χ1v) is 9.90. The summed E-state index contributed by atoms with van der Waals surface area (Å²) < 4.78 is 0. The van der Waals surface area contributed by atoms with E-state index in [1.807, 2.05) is 56.4 Å². The van der Waals surface area contributed by atoms with Crippen molar-refractivity contribution in [1.82, 2.24) is 5.32 Å². The van der Waals surface area contributed by atoms with Crippen LogP contribution in [0.1, 0.15) is 54.6 Å². The molecule has 5 nitrogen and oxygen atoms in total. The van der Waals surface area contributed by atoms with E-state index in [0.717, 1.165) is 22.6 Å². The molecule has 0 saturated heterocycles. The number of hydrogen-bond acceptors (Lipinski definition) is 2. The lowest BCUT2D eigenvalue weighted by molar-refractivity contribution is -0.907. The highest BCUT2D eigenvalue weighted by atomic mass is 16.2. The number of benzene rings is 2. The van der Waals surface area contributed by atoms with Crippen molar-refractivity contribution < 1.29 is 14.5 Å². The molecule has 0 heterocycles. The molecular formula is C23H32N3O2+. The molecule has 150 valence electrons. The van der Waals surface area contributed by atoms with Crippen LogP contribution in [-0.4, -0.2) is 32.0 Å². The summed E-state index contributed by atoms with van der Waals surface area (Å²) in [4.78, 5) is 25.5. The average Bonchev–Trinajstić information content (AvgIpc) is 2.72. The van der Waals surface area contributed by atoms with Gasteiger partial charge in [-0.05, 0) is 43.0 Å². The molecule has 0 aliphatic carbocycles. The summed E-state index contributed by atoms with van der Waals surface area (Å²) >= 11 is 0. The molecule has 0 fully saturated rings. The summed E-state index contributed by atoms with van der Waals surface area (Å²) in [5, 5.41) is 5.73. The van der Waals surface area contributed by atoms with Crippen LogP contribution in [0.3, 0.4) is 0 Å². The number of likely N-dealkylation sites (N-methyl/N-ethyl adjacent to an activating group) is 1. The van der Waals surface area contributed by atoms with Crippen molar-refractivity contribution in [2.45, 2.75) is 45.7 Å². The molecule has 0 bridgehead atoms. The maximum atomic E-state index is 12.8. The fourth-order valence-electron chi connectivity index (χ4n) is 3.12. The van der Waals surface area contributed by atoms with E-state index in [2.05, 4.69) is 30.5 Å². The van der Waals surface area contributed by atoms with Crippen molar-refractivity contribution in [3.05, 3.63) is 65.2 Å². The van der Waals surface area contributed by atoms with Crippen LogP contribution in [0, 0.1) is 0 Å². The summed E-state index contributed by atoms with van der Waals surface area (Å²) in [5.41, 5.74) is 3.80. The van der Waals surface area contributed by atoms with E-state index in [0.29, 0.717) is 18.0 Å². The quantitative estimate of drug-likeness (QED) is 0.657. The van der Waals surface area contributed by atoms with Gasteiger partial charge in [-0.2, -0.15) is 0 Å². The minimum Gasteiger partial charge on any atom is -0.355 e. The van der Waals surface area contributed by atoms with Gasteiger partial charge in [-0.1, -0.05) is 44.2 Å². The maximum Gasteiger partial charge on any atom is 0.282 e. The van der Waals surface area contributed by atoms with Crippen molar-refractivity contribution >= 4 is 17.5 Å². The fourth-order valence-corrected chi connectivity index (χ4v) is 3.12. The van der Waals surface area contributed by atoms with Crippen molar-refractivity contribution in [1.29, 1.82) is 0 Å². The molecule has 2 rings (SSSR count). The normalized spacial score (nSPS) is 14.0. The zero-order chi connectivity index (χ0) is 20.7. The third kappa shape index (κ3) is 5.42. The predicted octanol–water partition coefficient (Wildman–Crippen LogP) is 2.60. The standard InChI is InChI=1S/C23H31N3O2/c1-6-16(2)20-9-7-8-10-21(20)25-22(27)17(3)26(5)15-18-11-13-19(14-12-18)23(28)24-4/h7-14,16-17H,6,15H2,1-5H3,(H,24,28)(H,25,27)/p+1/t16-,17-/m0/s1. The predicted molar refractivity (Wildman–Crippen MR) is 114 cm³/mol. The highest BCUT2D eigenvalue weighted by Crippen LogP contribution is 2.26. The molecule has 2 aromatic rings. The molecule has 3 N–H and O–H groups in total. The van der Waals surface area contributed by atoms with Gasteiger partial charge in [0.1, 0.15) is 6.54 Å². The molecule has 2 aromatic carbocycles. The first-order chi connectivity index (χ1) is 13.4. The van der Waals surface area contributed by atoms with Crippen LogP contribution in [-0.2, 0) is 11.3 Å². The van der Waals surface area contributed by atoms with Crippen LogP contribution in [0.5, 0.6) is 0 Å². The lowest BCUT2D eigenvalue weighted by Crippen LogP contribution is -3.12. The van der Waals surface area contributed by atoms with E-state index in [9.17, 15) is 9.59 Å². The Bertz CT molecular complexity index is 802. The molecule has 1 unspecified atom stereocenters. The zero-order valence-electron chi connectivity index (χ0n) is 17.5. The summed E-state index contributed by atoms with van der Waals surface area (Å²) in [6, 6.07) is 15.3. The number of para-hydroxylation sites is 1. The Morgan fingerprint density at radius 3 is 2.29 bits per heavy atom. The summed E-state index contributed by atoms with van der Waals surface area (Å²) in [5.74, 6) is 0.311. The van der Waals surface area contributed by atoms with Crippen molar-refractivity contribution in [3.8, 4) is 0 Å². The second kappa shape index (κ2) is 10.0. The van der Waals surface area contributed by atoms with E-state index >= 15 is 0 Å². The van der Waals surface area contributed by atoms with Gasteiger partial charge in [-0.25, -0.2) is 0 Å². The lowest BCUT2D eigenvalue weighted by Gasteiger charge is -2.22. The number of anilines is 1. The second-order valence-corrected chi connectivity index (χ2v) is 7.41. The van der Waals surface area contributed by atoms with Crippen LogP contribution < -0.4 is 15.5 Å². The molecule has 0 aliphatic rings. The molecule has 0 saturated carbocycles. The molecule has 0 spiro atoms. The number of amides is 2. The average molecular weight is 383 g/mol. The largest absolute Gasteiger partial charge is 0.355 e. The van der Waals surface area contributed by atoms with Gasteiger partial charge in [0, 0.05) is 23.9 Å². The Kier molecular flexibility index (Phi) is 7.76. The molecule has 0 radical (unpaired) electrons.